The summed E-state index contributed by atoms with van der Waals surface area (Å²) >= 11 is 0. The molecule has 1 aliphatic carbocycles. The van der Waals surface area contributed by atoms with E-state index in [4.69, 9.17) is 0 Å². The Balaban J connectivity index is 1.87. The Morgan fingerprint density at radius 1 is 1.20 bits per heavy atom. The average Bonchev–Trinajstić information content (AvgIpc) is 2.89. The molecule has 0 aliphatic heterocycles. The maximum absolute atomic E-state index is 13.2. The zero-order valence-corrected chi connectivity index (χ0v) is 11.3. The molecule has 0 N–H and O–H groups in total. The molecular formula is C17H16FNO. The molecule has 0 radical (unpaired) electrons. The minimum absolute atomic E-state index is 0.00720. The topological polar surface area (TPSA) is 20.3 Å². The third kappa shape index (κ3) is 2.20. The lowest BCUT2D eigenvalue weighted by atomic mass is 10.1. The van der Waals surface area contributed by atoms with Crippen molar-refractivity contribution in [3.8, 4) is 0 Å². The van der Waals surface area contributed by atoms with Crippen molar-refractivity contribution in [1.82, 2.24) is 4.90 Å². The first kappa shape index (κ1) is 12.9. The number of hydrogen-bond donors (Lipinski definition) is 0. The van der Waals surface area contributed by atoms with Crippen molar-refractivity contribution in [3.05, 3.63) is 71.0 Å². The molecule has 1 atom stereocenters. The molecule has 102 valence electrons. The summed E-state index contributed by atoms with van der Waals surface area (Å²) in [4.78, 5) is 14.2. The van der Waals surface area contributed by atoms with Gasteiger partial charge in [-0.1, -0.05) is 24.3 Å². The summed E-state index contributed by atoms with van der Waals surface area (Å²) in [6.45, 7) is 0. The molecule has 0 spiro atoms. The van der Waals surface area contributed by atoms with Gasteiger partial charge in [-0.25, -0.2) is 4.39 Å². The van der Waals surface area contributed by atoms with E-state index in [9.17, 15) is 9.18 Å². The smallest absolute Gasteiger partial charge is 0.254 e. The van der Waals surface area contributed by atoms with Crippen LogP contribution in [-0.4, -0.2) is 17.9 Å². The van der Waals surface area contributed by atoms with Gasteiger partial charge in [0.15, 0.2) is 0 Å². The van der Waals surface area contributed by atoms with Crippen LogP contribution in [0.15, 0.2) is 48.5 Å². The first-order valence-electron chi connectivity index (χ1n) is 6.77. The van der Waals surface area contributed by atoms with Gasteiger partial charge in [-0.3, -0.25) is 4.79 Å². The van der Waals surface area contributed by atoms with Crippen LogP contribution in [0.1, 0.15) is 33.9 Å². The molecule has 1 aliphatic rings. The van der Waals surface area contributed by atoms with Gasteiger partial charge in [-0.05, 0) is 48.2 Å². The van der Waals surface area contributed by atoms with Crippen molar-refractivity contribution in [2.24, 2.45) is 0 Å². The minimum atomic E-state index is -0.207. The lowest BCUT2D eigenvalue weighted by Gasteiger charge is -2.25. The van der Waals surface area contributed by atoms with Gasteiger partial charge in [-0.2, -0.15) is 0 Å². The summed E-state index contributed by atoms with van der Waals surface area (Å²) < 4.78 is 13.2. The highest BCUT2D eigenvalue weighted by molar-refractivity contribution is 5.94. The van der Waals surface area contributed by atoms with Gasteiger partial charge >= 0.3 is 0 Å². The first-order valence-corrected chi connectivity index (χ1v) is 6.77. The largest absolute Gasteiger partial charge is 0.335 e. The molecule has 0 saturated carbocycles. The number of benzene rings is 2. The second kappa shape index (κ2) is 5.08. The number of amides is 1. The van der Waals surface area contributed by atoms with E-state index < -0.39 is 0 Å². The van der Waals surface area contributed by atoms with Crippen LogP contribution in [0.25, 0.3) is 0 Å². The monoisotopic (exact) mass is 269 g/mol. The molecule has 3 rings (SSSR count). The van der Waals surface area contributed by atoms with Crippen molar-refractivity contribution in [2.45, 2.75) is 18.9 Å². The highest BCUT2D eigenvalue weighted by Gasteiger charge is 2.29. The van der Waals surface area contributed by atoms with E-state index in [-0.39, 0.29) is 17.8 Å². The van der Waals surface area contributed by atoms with E-state index >= 15 is 0 Å². The van der Waals surface area contributed by atoms with E-state index in [0.29, 0.717) is 5.56 Å². The van der Waals surface area contributed by atoms with Crippen molar-refractivity contribution < 1.29 is 9.18 Å². The Kier molecular flexibility index (Phi) is 3.26. The number of halogens is 1. The van der Waals surface area contributed by atoms with Gasteiger partial charge in [0.1, 0.15) is 5.82 Å². The van der Waals surface area contributed by atoms with Gasteiger partial charge in [0.25, 0.3) is 5.91 Å². The summed E-state index contributed by atoms with van der Waals surface area (Å²) in [5, 5.41) is 0. The number of rotatable bonds is 2. The second-order valence-electron chi connectivity index (χ2n) is 5.18. The summed E-state index contributed by atoms with van der Waals surface area (Å²) in [5.41, 5.74) is 2.77. The normalized spacial score (nSPS) is 16.8. The lowest BCUT2D eigenvalue weighted by molar-refractivity contribution is 0.0730. The molecule has 3 heteroatoms. The van der Waals surface area contributed by atoms with E-state index in [1.54, 1.807) is 17.0 Å². The molecule has 0 fully saturated rings. The summed E-state index contributed by atoms with van der Waals surface area (Å²) in [7, 11) is 1.82. The maximum Gasteiger partial charge on any atom is 0.254 e. The molecule has 0 unspecified atom stereocenters. The highest BCUT2D eigenvalue weighted by Crippen LogP contribution is 2.35. The van der Waals surface area contributed by atoms with Crippen molar-refractivity contribution >= 4 is 5.91 Å². The van der Waals surface area contributed by atoms with Gasteiger partial charge in [-0.15, -0.1) is 0 Å². The van der Waals surface area contributed by atoms with Crippen LogP contribution in [0.3, 0.4) is 0 Å². The third-order valence-electron chi connectivity index (χ3n) is 3.96. The molecule has 0 aromatic heterocycles. The Bertz CT molecular complexity index is 639. The number of aryl methyl sites for hydroxylation is 1. The predicted molar refractivity (Wildman–Crippen MR) is 76.0 cm³/mol. The predicted octanol–water partition coefficient (Wildman–Crippen LogP) is 3.59. The fourth-order valence-corrected chi connectivity index (χ4v) is 2.89. The second-order valence-corrected chi connectivity index (χ2v) is 5.18. The highest BCUT2D eigenvalue weighted by atomic mass is 19.1. The van der Waals surface area contributed by atoms with Crippen LogP contribution < -0.4 is 0 Å². The van der Waals surface area contributed by atoms with Crippen LogP contribution >= 0.6 is 0 Å². The van der Waals surface area contributed by atoms with E-state index in [2.05, 4.69) is 0 Å². The zero-order chi connectivity index (χ0) is 14.1. The number of nitrogens with zero attached hydrogens (tertiary/aromatic N) is 1. The molecule has 1 amide bonds. The maximum atomic E-state index is 13.2. The Morgan fingerprint density at radius 3 is 2.70 bits per heavy atom. The Morgan fingerprint density at radius 2 is 1.95 bits per heavy atom. The fraction of sp³-hybridized carbons (Fsp3) is 0.235. The van der Waals surface area contributed by atoms with Gasteiger partial charge in [0, 0.05) is 12.6 Å². The summed E-state index contributed by atoms with van der Waals surface area (Å²) in [5.74, 6) is -0.200. The van der Waals surface area contributed by atoms with Crippen molar-refractivity contribution in [2.75, 3.05) is 7.05 Å². The molecule has 2 aromatic carbocycles. The van der Waals surface area contributed by atoms with Crippen LogP contribution in [0.2, 0.25) is 0 Å². The number of carbonyl (C=O) groups is 1. The van der Waals surface area contributed by atoms with Gasteiger partial charge < -0.3 is 4.90 Å². The van der Waals surface area contributed by atoms with Crippen LogP contribution in [0.5, 0.6) is 0 Å². The molecule has 0 bridgehead atoms. The Hall–Kier alpha value is -2.16. The van der Waals surface area contributed by atoms with Crippen LogP contribution in [0.4, 0.5) is 4.39 Å². The number of carbonyl (C=O) groups excluding carboxylic acids is 1. The fourth-order valence-electron chi connectivity index (χ4n) is 2.89. The molecule has 20 heavy (non-hydrogen) atoms. The molecule has 0 saturated heterocycles. The standard InChI is InChI=1S/C17H16FNO/c1-19(17(20)12-5-3-2-4-6-12)16-10-7-13-11-14(18)8-9-15(13)16/h2-6,8-9,11,16H,7,10H2,1H3/t16-/m1/s1. The number of hydrogen-bond acceptors (Lipinski definition) is 1. The van der Waals surface area contributed by atoms with Crippen LogP contribution in [-0.2, 0) is 6.42 Å². The van der Waals surface area contributed by atoms with Crippen LogP contribution in [0, 0.1) is 5.82 Å². The van der Waals surface area contributed by atoms with Gasteiger partial charge in [0.2, 0.25) is 0 Å². The summed E-state index contributed by atoms with van der Waals surface area (Å²) in [6, 6.07) is 14.1. The minimum Gasteiger partial charge on any atom is -0.335 e. The summed E-state index contributed by atoms with van der Waals surface area (Å²) in [6.07, 6.45) is 1.68. The SMILES string of the molecule is CN(C(=O)c1ccccc1)[C@@H]1CCc2cc(F)ccc21. The Labute approximate surface area is 117 Å². The van der Waals surface area contributed by atoms with Crippen molar-refractivity contribution in [1.29, 1.82) is 0 Å². The molecular weight excluding hydrogens is 253 g/mol. The van der Waals surface area contributed by atoms with E-state index in [1.165, 1.54) is 6.07 Å². The molecule has 2 aromatic rings. The molecule has 0 heterocycles. The molecule has 2 nitrogen and oxygen atoms in total. The first-order chi connectivity index (χ1) is 9.66. The zero-order valence-electron chi connectivity index (χ0n) is 11.3. The lowest BCUT2D eigenvalue weighted by Crippen LogP contribution is -2.30. The van der Waals surface area contributed by atoms with Gasteiger partial charge in [0.05, 0.1) is 6.04 Å². The van der Waals surface area contributed by atoms with E-state index in [0.717, 1.165) is 24.0 Å². The number of fused-ring (bicyclic) bond motifs is 1. The van der Waals surface area contributed by atoms with E-state index in [1.807, 2.05) is 37.4 Å². The average molecular weight is 269 g/mol. The third-order valence-corrected chi connectivity index (χ3v) is 3.96. The van der Waals surface area contributed by atoms with Crippen molar-refractivity contribution in [3.63, 3.8) is 0 Å². The quantitative estimate of drug-likeness (QED) is 0.816.